The maximum absolute atomic E-state index is 5.55. The summed E-state index contributed by atoms with van der Waals surface area (Å²) < 4.78 is 7.52. The molecule has 0 fully saturated rings. The zero-order valence-corrected chi connectivity index (χ0v) is 10.7. The van der Waals surface area contributed by atoms with E-state index in [1.54, 1.807) is 6.33 Å². The highest BCUT2D eigenvalue weighted by atomic mass is 16.4. The molecule has 0 spiro atoms. The summed E-state index contributed by atoms with van der Waals surface area (Å²) in [4.78, 5) is 8.58. The minimum atomic E-state index is 0.409. The highest BCUT2D eigenvalue weighted by molar-refractivity contribution is 5.05. The molecular weight excluding hydrogens is 230 g/mol. The number of hydrogen-bond donors (Lipinski definition) is 1. The van der Waals surface area contributed by atoms with Crippen LogP contribution in [0.4, 0.5) is 0 Å². The van der Waals surface area contributed by atoms with Gasteiger partial charge in [-0.15, -0.1) is 0 Å². The number of aryl methyl sites for hydroxylation is 3. The van der Waals surface area contributed by atoms with Crippen molar-refractivity contribution < 1.29 is 4.42 Å². The van der Waals surface area contributed by atoms with E-state index >= 15 is 0 Å². The van der Waals surface area contributed by atoms with Crippen LogP contribution < -0.4 is 5.32 Å². The van der Waals surface area contributed by atoms with Crippen LogP contribution in [0.2, 0.25) is 0 Å². The highest BCUT2D eigenvalue weighted by Crippen LogP contribution is 2.13. The molecule has 0 aliphatic carbocycles. The van der Waals surface area contributed by atoms with E-state index in [0.29, 0.717) is 12.6 Å². The van der Waals surface area contributed by atoms with Crippen LogP contribution in [0, 0.1) is 13.8 Å². The lowest BCUT2D eigenvalue weighted by Crippen LogP contribution is -2.37. The summed E-state index contributed by atoms with van der Waals surface area (Å²) in [6, 6.07) is 0.409. The summed E-state index contributed by atoms with van der Waals surface area (Å²) in [6.45, 7) is 5.44. The average Bonchev–Trinajstić information content (AvgIpc) is 2.94. The van der Waals surface area contributed by atoms with Crippen LogP contribution in [0.1, 0.15) is 29.6 Å². The Morgan fingerprint density at radius 2 is 2.39 bits per heavy atom. The van der Waals surface area contributed by atoms with E-state index < -0.39 is 0 Å². The highest BCUT2D eigenvalue weighted by Gasteiger charge is 2.19. The fraction of sp³-hybridized carbons (Fsp3) is 0.583. The molecule has 6 heteroatoms. The molecule has 1 aliphatic heterocycles. The molecular formula is C12H17N5O. The number of rotatable bonds is 3. The Hall–Kier alpha value is -1.69. The molecule has 2 aromatic rings. The summed E-state index contributed by atoms with van der Waals surface area (Å²) in [7, 11) is 0. The molecule has 0 radical (unpaired) electrons. The van der Waals surface area contributed by atoms with Gasteiger partial charge in [0.2, 0.25) is 5.89 Å². The molecule has 1 atom stereocenters. The third-order valence-corrected chi connectivity index (χ3v) is 3.42. The van der Waals surface area contributed by atoms with Crippen molar-refractivity contribution in [1.29, 1.82) is 0 Å². The Labute approximate surface area is 105 Å². The lowest BCUT2D eigenvalue weighted by molar-refractivity contribution is 0.339. The summed E-state index contributed by atoms with van der Waals surface area (Å²) in [5, 5.41) is 7.67. The van der Waals surface area contributed by atoms with Crippen molar-refractivity contribution in [3.05, 3.63) is 29.5 Å². The number of nitrogens with zero attached hydrogens (tertiary/aromatic N) is 4. The van der Waals surface area contributed by atoms with Crippen LogP contribution in [0.15, 0.2) is 10.7 Å². The molecule has 0 amide bonds. The van der Waals surface area contributed by atoms with Crippen molar-refractivity contribution in [3.8, 4) is 0 Å². The van der Waals surface area contributed by atoms with E-state index in [-0.39, 0.29) is 0 Å². The number of hydrogen-bond acceptors (Lipinski definition) is 5. The Kier molecular flexibility index (Phi) is 2.87. The maximum atomic E-state index is 5.55. The molecule has 1 N–H and O–H groups in total. The van der Waals surface area contributed by atoms with Gasteiger partial charge in [0.05, 0.1) is 18.8 Å². The summed E-state index contributed by atoms with van der Waals surface area (Å²) >= 11 is 0. The first kappa shape index (κ1) is 11.4. The Bertz CT molecular complexity index is 525. The minimum Gasteiger partial charge on any atom is -0.444 e. The predicted octanol–water partition coefficient (Wildman–Crippen LogP) is 0.988. The van der Waals surface area contributed by atoms with Gasteiger partial charge in [-0.25, -0.2) is 14.6 Å². The van der Waals surface area contributed by atoms with E-state index in [9.17, 15) is 0 Å². The minimum absolute atomic E-state index is 0.409. The van der Waals surface area contributed by atoms with Gasteiger partial charge < -0.3 is 9.73 Å². The third-order valence-electron chi connectivity index (χ3n) is 3.42. The molecule has 0 bridgehead atoms. The number of nitrogens with one attached hydrogen (secondary N) is 1. The van der Waals surface area contributed by atoms with Crippen molar-refractivity contribution >= 4 is 0 Å². The lowest BCUT2D eigenvalue weighted by Gasteiger charge is -2.22. The SMILES string of the molecule is Cc1nc(CNC2CCc3ncnn3C2)oc1C. The van der Waals surface area contributed by atoms with Crippen molar-refractivity contribution in [1.82, 2.24) is 25.1 Å². The van der Waals surface area contributed by atoms with Gasteiger partial charge in [-0.05, 0) is 20.3 Å². The van der Waals surface area contributed by atoms with Crippen molar-refractivity contribution in [2.45, 2.75) is 45.8 Å². The average molecular weight is 247 g/mol. The molecule has 0 aromatic carbocycles. The van der Waals surface area contributed by atoms with E-state index in [2.05, 4.69) is 20.4 Å². The lowest BCUT2D eigenvalue weighted by atomic mass is 10.1. The fourth-order valence-electron chi connectivity index (χ4n) is 2.25. The number of oxazole rings is 1. The van der Waals surface area contributed by atoms with Crippen molar-refractivity contribution in [3.63, 3.8) is 0 Å². The first-order valence-electron chi connectivity index (χ1n) is 6.25. The van der Waals surface area contributed by atoms with Crippen LogP contribution in [-0.2, 0) is 19.5 Å². The first-order valence-corrected chi connectivity index (χ1v) is 6.25. The molecule has 18 heavy (non-hydrogen) atoms. The molecule has 2 aromatic heterocycles. The molecule has 96 valence electrons. The van der Waals surface area contributed by atoms with Gasteiger partial charge >= 0.3 is 0 Å². The summed E-state index contributed by atoms with van der Waals surface area (Å²) in [6.07, 6.45) is 3.68. The monoisotopic (exact) mass is 247 g/mol. The van der Waals surface area contributed by atoms with Gasteiger partial charge in [-0.2, -0.15) is 5.10 Å². The predicted molar refractivity (Wildman–Crippen MR) is 64.9 cm³/mol. The maximum Gasteiger partial charge on any atom is 0.208 e. The largest absolute Gasteiger partial charge is 0.444 e. The second kappa shape index (κ2) is 4.53. The topological polar surface area (TPSA) is 68.8 Å². The molecule has 1 unspecified atom stereocenters. The molecule has 1 aliphatic rings. The van der Waals surface area contributed by atoms with E-state index in [0.717, 1.165) is 42.6 Å². The Morgan fingerprint density at radius 3 is 3.17 bits per heavy atom. The number of fused-ring (bicyclic) bond motifs is 1. The van der Waals surface area contributed by atoms with Gasteiger partial charge in [0.15, 0.2) is 0 Å². The van der Waals surface area contributed by atoms with Gasteiger partial charge in [0.1, 0.15) is 17.9 Å². The molecule has 3 rings (SSSR count). The molecule has 3 heterocycles. The van der Waals surface area contributed by atoms with Crippen LogP contribution >= 0.6 is 0 Å². The standard InChI is InChI=1S/C12H17N5O/c1-8-9(2)18-12(16-8)5-13-10-3-4-11-14-7-15-17(11)6-10/h7,10,13H,3-6H2,1-2H3. The quantitative estimate of drug-likeness (QED) is 0.876. The zero-order valence-electron chi connectivity index (χ0n) is 10.7. The van der Waals surface area contributed by atoms with Crippen LogP contribution in [-0.4, -0.2) is 25.8 Å². The van der Waals surface area contributed by atoms with E-state index in [1.807, 2.05) is 18.5 Å². The van der Waals surface area contributed by atoms with Gasteiger partial charge in [-0.1, -0.05) is 0 Å². The molecule has 0 saturated heterocycles. The number of aromatic nitrogens is 4. The zero-order chi connectivity index (χ0) is 12.5. The molecule has 6 nitrogen and oxygen atoms in total. The second-order valence-corrected chi connectivity index (χ2v) is 4.72. The normalized spacial score (nSPS) is 18.9. The Morgan fingerprint density at radius 1 is 1.50 bits per heavy atom. The van der Waals surface area contributed by atoms with Crippen molar-refractivity contribution in [2.24, 2.45) is 0 Å². The van der Waals surface area contributed by atoms with E-state index in [1.165, 1.54) is 0 Å². The molecule has 0 saturated carbocycles. The fourth-order valence-corrected chi connectivity index (χ4v) is 2.25. The summed E-state index contributed by atoms with van der Waals surface area (Å²) in [5.41, 5.74) is 0.967. The van der Waals surface area contributed by atoms with Gasteiger partial charge in [0, 0.05) is 12.5 Å². The van der Waals surface area contributed by atoms with Crippen molar-refractivity contribution in [2.75, 3.05) is 0 Å². The smallest absolute Gasteiger partial charge is 0.208 e. The first-order chi connectivity index (χ1) is 8.72. The van der Waals surface area contributed by atoms with E-state index in [4.69, 9.17) is 4.42 Å². The second-order valence-electron chi connectivity index (χ2n) is 4.72. The van der Waals surface area contributed by atoms with Gasteiger partial charge in [0.25, 0.3) is 0 Å². The van der Waals surface area contributed by atoms with Gasteiger partial charge in [-0.3, -0.25) is 0 Å². The van der Waals surface area contributed by atoms with Crippen LogP contribution in [0.5, 0.6) is 0 Å². The van der Waals surface area contributed by atoms with Crippen LogP contribution in [0.3, 0.4) is 0 Å². The van der Waals surface area contributed by atoms with Crippen LogP contribution in [0.25, 0.3) is 0 Å². The Balaban J connectivity index is 1.58. The summed E-state index contributed by atoms with van der Waals surface area (Å²) in [5.74, 6) is 2.74. The third kappa shape index (κ3) is 2.15.